The van der Waals surface area contributed by atoms with Crippen molar-refractivity contribution in [3.63, 3.8) is 0 Å². The molecule has 2 N–H and O–H groups in total. The van der Waals surface area contributed by atoms with Crippen molar-refractivity contribution in [1.29, 1.82) is 0 Å². The second kappa shape index (κ2) is 6.07. The first-order chi connectivity index (χ1) is 12.8. The Kier molecular flexibility index (Phi) is 3.94. The number of nitrogens with one attached hydrogen (secondary N) is 1. The summed E-state index contributed by atoms with van der Waals surface area (Å²) in [5.41, 5.74) is 0.131. The van der Waals surface area contributed by atoms with Crippen LogP contribution in [0.25, 0.3) is 0 Å². The van der Waals surface area contributed by atoms with E-state index in [2.05, 4.69) is 5.32 Å². The fourth-order valence-corrected chi connectivity index (χ4v) is 3.60. The van der Waals surface area contributed by atoms with E-state index in [0.29, 0.717) is 42.2 Å². The molecule has 2 heterocycles. The fourth-order valence-electron chi connectivity index (χ4n) is 3.60. The van der Waals surface area contributed by atoms with Crippen molar-refractivity contribution in [3.8, 4) is 0 Å². The van der Waals surface area contributed by atoms with Gasteiger partial charge in [0.2, 0.25) is 0 Å². The molecule has 27 heavy (non-hydrogen) atoms. The molecule has 1 aromatic carbocycles. The third-order valence-corrected chi connectivity index (χ3v) is 5.64. The summed E-state index contributed by atoms with van der Waals surface area (Å²) in [6, 6.07) is 4.26. The molecule has 1 unspecified atom stereocenters. The molecule has 8 heteroatoms. The SMILES string of the molecule is CC1(C(=O)O)CCN(C(=O)Nc2ccc3c(c2)C(=O)N(CC2CC2)C3=O)C1. The van der Waals surface area contributed by atoms with Crippen LogP contribution in [0.2, 0.25) is 0 Å². The number of benzene rings is 1. The third kappa shape index (κ3) is 3.05. The van der Waals surface area contributed by atoms with E-state index in [1.807, 2.05) is 0 Å². The molecule has 142 valence electrons. The number of aliphatic carboxylic acids is 1. The molecular formula is C19H21N3O5. The molecule has 1 saturated heterocycles. The Morgan fingerprint density at radius 1 is 1.22 bits per heavy atom. The molecule has 1 atom stereocenters. The monoisotopic (exact) mass is 371 g/mol. The van der Waals surface area contributed by atoms with Crippen molar-refractivity contribution in [2.24, 2.45) is 11.3 Å². The first-order valence-electron chi connectivity index (χ1n) is 9.08. The van der Waals surface area contributed by atoms with Crippen LogP contribution in [0.4, 0.5) is 10.5 Å². The van der Waals surface area contributed by atoms with E-state index in [1.54, 1.807) is 19.1 Å². The second-order valence-corrected chi connectivity index (χ2v) is 7.89. The van der Waals surface area contributed by atoms with Gasteiger partial charge >= 0.3 is 12.0 Å². The lowest BCUT2D eigenvalue weighted by Gasteiger charge is -2.20. The number of carbonyl (C=O) groups is 4. The highest BCUT2D eigenvalue weighted by molar-refractivity contribution is 6.21. The number of carboxylic acids is 1. The summed E-state index contributed by atoms with van der Waals surface area (Å²) in [4.78, 5) is 51.5. The summed E-state index contributed by atoms with van der Waals surface area (Å²) >= 11 is 0. The van der Waals surface area contributed by atoms with Crippen molar-refractivity contribution in [2.75, 3.05) is 25.0 Å². The second-order valence-electron chi connectivity index (χ2n) is 7.89. The number of fused-ring (bicyclic) bond motifs is 1. The molecule has 4 amide bonds. The van der Waals surface area contributed by atoms with Gasteiger partial charge in [-0.25, -0.2) is 4.79 Å². The minimum atomic E-state index is -0.943. The minimum absolute atomic E-state index is 0.131. The molecule has 0 radical (unpaired) electrons. The van der Waals surface area contributed by atoms with E-state index in [0.717, 1.165) is 12.8 Å². The first-order valence-corrected chi connectivity index (χ1v) is 9.08. The molecule has 3 aliphatic rings. The summed E-state index contributed by atoms with van der Waals surface area (Å²) < 4.78 is 0. The Morgan fingerprint density at radius 2 is 1.93 bits per heavy atom. The zero-order chi connectivity index (χ0) is 19.3. The Morgan fingerprint density at radius 3 is 2.56 bits per heavy atom. The van der Waals surface area contributed by atoms with Crippen LogP contribution in [0, 0.1) is 11.3 Å². The molecule has 1 aliphatic carbocycles. The molecule has 0 bridgehead atoms. The predicted octanol–water partition coefficient (Wildman–Crippen LogP) is 2.02. The van der Waals surface area contributed by atoms with E-state index in [9.17, 15) is 24.3 Å². The minimum Gasteiger partial charge on any atom is -0.481 e. The number of urea groups is 1. The number of imide groups is 1. The Balaban J connectivity index is 1.47. The van der Waals surface area contributed by atoms with Crippen LogP contribution in [-0.4, -0.2) is 58.4 Å². The number of hydrogen-bond acceptors (Lipinski definition) is 4. The van der Waals surface area contributed by atoms with Crippen LogP contribution in [0.3, 0.4) is 0 Å². The molecule has 0 aromatic heterocycles. The number of carboxylic acid groups (broad SMARTS) is 1. The maximum Gasteiger partial charge on any atom is 0.321 e. The summed E-state index contributed by atoms with van der Waals surface area (Å²) in [5, 5.41) is 12.0. The largest absolute Gasteiger partial charge is 0.481 e. The van der Waals surface area contributed by atoms with E-state index in [-0.39, 0.29) is 18.4 Å². The van der Waals surface area contributed by atoms with E-state index in [1.165, 1.54) is 15.9 Å². The van der Waals surface area contributed by atoms with Crippen molar-refractivity contribution in [3.05, 3.63) is 29.3 Å². The lowest BCUT2D eigenvalue weighted by molar-refractivity contribution is -0.146. The fraction of sp³-hybridized carbons (Fsp3) is 0.474. The Labute approximate surface area is 156 Å². The first kappa shape index (κ1) is 17.5. The van der Waals surface area contributed by atoms with Crippen LogP contribution in [0.15, 0.2) is 18.2 Å². The maximum atomic E-state index is 12.5. The molecule has 2 fully saturated rings. The van der Waals surface area contributed by atoms with Gasteiger partial charge in [-0.2, -0.15) is 0 Å². The summed E-state index contributed by atoms with van der Waals surface area (Å²) in [5.74, 6) is -1.12. The van der Waals surface area contributed by atoms with Crippen LogP contribution in [-0.2, 0) is 4.79 Å². The average molecular weight is 371 g/mol. The highest BCUT2D eigenvalue weighted by Gasteiger charge is 2.42. The molecule has 2 aliphatic heterocycles. The highest BCUT2D eigenvalue weighted by atomic mass is 16.4. The molecule has 4 rings (SSSR count). The summed E-state index contributed by atoms with van der Waals surface area (Å²) in [6.45, 7) is 2.56. The van der Waals surface area contributed by atoms with E-state index < -0.39 is 17.4 Å². The molecule has 8 nitrogen and oxygen atoms in total. The van der Waals surface area contributed by atoms with E-state index in [4.69, 9.17) is 0 Å². The predicted molar refractivity (Wildman–Crippen MR) is 95.5 cm³/mol. The van der Waals surface area contributed by atoms with Crippen molar-refractivity contribution < 1.29 is 24.3 Å². The maximum absolute atomic E-state index is 12.5. The smallest absolute Gasteiger partial charge is 0.321 e. The highest BCUT2D eigenvalue weighted by Crippen LogP contribution is 2.34. The van der Waals surface area contributed by atoms with Crippen LogP contribution in [0.5, 0.6) is 0 Å². The number of anilines is 1. The standard InChI is InChI=1S/C19H21N3O5/c1-19(17(25)26)6-7-21(10-19)18(27)20-12-4-5-13-14(8-12)16(24)22(15(13)23)9-11-2-3-11/h4-5,8,11H,2-3,6-7,9-10H2,1H3,(H,20,27)(H,25,26). The zero-order valence-corrected chi connectivity index (χ0v) is 15.0. The van der Waals surface area contributed by atoms with Crippen molar-refractivity contribution in [1.82, 2.24) is 9.80 Å². The van der Waals surface area contributed by atoms with Gasteiger partial charge in [0, 0.05) is 25.3 Å². The number of amides is 4. The van der Waals surface area contributed by atoms with Crippen LogP contribution >= 0.6 is 0 Å². The Bertz CT molecular complexity index is 863. The topological polar surface area (TPSA) is 107 Å². The lowest BCUT2D eigenvalue weighted by Crippen LogP contribution is -2.37. The van der Waals surface area contributed by atoms with Gasteiger partial charge in [-0.05, 0) is 50.3 Å². The van der Waals surface area contributed by atoms with Gasteiger partial charge in [0.05, 0.1) is 16.5 Å². The van der Waals surface area contributed by atoms with Crippen molar-refractivity contribution >= 4 is 29.5 Å². The number of carbonyl (C=O) groups excluding carboxylic acids is 3. The van der Waals surface area contributed by atoms with Gasteiger partial charge in [-0.15, -0.1) is 0 Å². The van der Waals surface area contributed by atoms with Gasteiger partial charge in [-0.3, -0.25) is 19.3 Å². The third-order valence-electron chi connectivity index (χ3n) is 5.64. The van der Waals surface area contributed by atoms with Gasteiger partial charge in [-0.1, -0.05) is 0 Å². The molecule has 1 saturated carbocycles. The van der Waals surface area contributed by atoms with Gasteiger partial charge < -0.3 is 15.3 Å². The average Bonchev–Trinajstić information content (AvgIpc) is 3.32. The molecule has 1 aromatic rings. The van der Waals surface area contributed by atoms with Gasteiger partial charge in [0.1, 0.15) is 0 Å². The van der Waals surface area contributed by atoms with Gasteiger partial charge in [0.15, 0.2) is 0 Å². The summed E-state index contributed by atoms with van der Waals surface area (Å²) in [7, 11) is 0. The van der Waals surface area contributed by atoms with E-state index >= 15 is 0 Å². The lowest BCUT2D eigenvalue weighted by atomic mass is 9.90. The zero-order valence-electron chi connectivity index (χ0n) is 15.0. The number of rotatable bonds is 4. The number of hydrogen-bond donors (Lipinski definition) is 2. The molecular weight excluding hydrogens is 350 g/mol. The molecule has 0 spiro atoms. The van der Waals surface area contributed by atoms with Crippen LogP contribution in [0.1, 0.15) is 46.9 Å². The normalized spacial score (nSPS) is 24.3. The summed E-state index contributed by atoms with van der Waals surface area (Å²) in [6.07, 6.45) is 2.47. The Hall–Kier alpha value is -2.90. The number of likely N-dealkylation sites (tertiary alicyclic amines) is 1. The van der Waals surface area contributed by atoms with Gasteiger partial charge in [0.25, 0.3) is 11.8 Å². The number of nitrogens with zero attached hydrogens (tertiary/aromatic N) is 2. The quantitative estimate of drug-likeness (QED) is 0.788. The van der Waals surface area contributed by atoms with Crippen LogP contribution < -0.4 is 5.32 Å². The van der Waals surface area contributed by atoms with Crippen molar-refractivity contribution in [2.45, 2.75) is 26.2 Å².